The topological polar surface area (TPSA) is 67.8 Å². The minimum Gasteiger partial charge on any atom is -0.493 e. The van der Waals surface area contributed by atoms with Gasteiger partial charge in [-0.3, -0.25) is 4.79 Å². The second-order valence-corrected chi connectivity index (χ2v) is 3.63. The summed E-state index contributed by atoms with van der Waals surface area (Å²) in [5.74, 6) is 0.445. The Hall–Kier alpha value is -1.75. The minimum absolute atomic E-state index is 0.0617. The molecule has 0 saturated carbocycles. The van der Waals surface area contributed by atoms with Gasteiger partial charge >= 0.3 is 5.97 Å². The molecule has 0 aliphatic rings. The molecule has 0 unspecified atom stereocenters. The van der Waals surface area contributed by atoms with Crippen molar-refractivity contribution in [2.24, 2.45) is 0 Å². The second kappa shape index (κ2) is 6.10. The molecule has 1 aromatic carbocycles. The van der Waals surface area contributed by atoms with E-state index in [1.54, 1.807) is 14.2 Å². The number of benzene rings is 1. The predicted octanol–water partition coefficient (Wildman–Crippen LogP) is 1.19. The van der Waals surface area contributed by atoms with Gasteiger partial charge in [0.15, 0.2) is 11.5 Å². The van der Waals surface area contributed by atoms with Crippen LogP contribution in [0.15, 0.2) is 12.1 Å². The van der Waals surface area contributed by atoms with E-state index in [0.717, 1.165) is 11.1 Å². The molecule has 0 heterocycles. The van der Waals surface area contributed by atoms with Crippen molar-refractivity contribution in [3.8, 4) is 11.5 Å². The summed E-state index contributed by atoms with van der Waals surface area (Å²) in [4.78, 5) is 10.4. The molecule has 17 heavy (non-hydrogen) atoms. The lowest BCUT2D eigenvalue weighted by Gasteiger charge is -2.12. The Morgan fingerprint density at radius 3 is 2.41 bits per heavy atom. The highest BCUT2D eigenvalue weighted by Crippen LogP contribution is 2.30. The van der Waals surface area contributed by atoms with Gasteiger partial charge in [0.2, 0.25) is 0 Å². The van der Waals surface area contributed by atoms with Crippen molar-refractivity contribution in [1.82, 2.24) is 5.32 Å². The highest BCUT2D eigenvalue weighted by Gasteiger charge is 2.08. The zero-order valence-corrected chi connectivity index (χ0v) is 10.2. The molecule has 0 spiro atoms. The fourth-order valence-corrected chi connectivity index (χ4v) is 1.52. The third kappa shape index (κ3) is 3.64. The number of methoxy groups -OCH3 is 2. The Balaban J connectivity index is 2.81. The number of rotatable bonds is 6. The summed E-state index contributed by atoms with van der Waals surface area (Å²) in [7, 11) is 3.15. The highest BCUT2D eigenvalue weighted by molar-refractivity contribution is 5.69. The van der Waals surface area contributed by atoms with E-state index in [1.165, 1.54) is 0 Å². The Bertz CT molecular complexity index is 404. The van der Waals surface area contributed by atoms with Crippen molar-refractivity contribution in [2.45, 2.75) is 13.5 Å². The van der Waals surface area contributed by atoms with E-state index in [1.807, 2.05) is 19.1 Å². The van der Waals surface area contributed by atoms with Gasteiger partial charge in [0.05, 0.1) is 20.8 Å². The molecule has 5 heteroatoms. The second-order valence-electron chi connectivity index (χ2n) is 3.63. The summed E-state index contributed by atoms with van der Waals surface area (Å²) in [6, 6.07) is 3.72. The molecule has 0 fully saturated rings. The molecule has 0 radical (unpaired) electrons. The molecular weight excluding hydrogens is 222 g/mol. The molecule has 1 aromatic rings. The molecule has 0 aliphatic heterocycles. The van der Waals surface area contributed by atoms with Crippen molar-refractivity contribution in [3.63, 3.8) is 0 Å². The number of carboxylic acids is 1. The van der Waals surface area contributed by atoms with Crippen LogP contribution in [0.2, 0.25) is 0 Å². The van der Waals surface area contributed by atoms with Gasteiger partial charge in [-0.1, -0.05) is 0 Å². The van der Waals surface area contributed by atoms with E-state index in [2.05, 4.69) is 5.32 Å². The number of ether oxygens (including phenoxy) is 2. The zero-order valence-electron chi connectivity index (χ0n) is 10.2. The van der Waals surface area contributed by atoms with Crippen LogP contribution in [0, 0.1) is 6.92 Å². The number of carbonyl (C=O) groups is 1. The lowest BCUT2D eigenvalue weighted by Crippen LogP contribution is -2.22. The van der Waals surface area contributed by atoms with E-state index >= 15 is 0 Å². The summed E-state index contributed by atoms with van der Waals surface area (Å²) in [5, 5.41) is 11.4. The van der Waals surface area contributed by atoms with Gasteiger partial charge in [0, 0.05) is 6.54 Å². The van der Waals surface area contributed by atoms with Crippen LogP contribution in [0.5, 0.6) is 11.5 Å². The van der Waals surface area contributed by atoms with Crippen molar-refractivity contribution in [3.05, 3.63) is 23.3 Å². The van der Waals surface area contributed by atoms with Gasteiger partial charge < -0.3 is 19.9 Å². The smallest absolute Gasteiger partial charge is 0.317 e. The zero-order chi connectivity index (χ0) is 12.8. The Labute approximate surface area is 100 Å². The van der Waals surface area contributed by atoms with E-state index in [9.17, 15) is 4.79 Å². The lowest BCUT2D eigenvalue weighted by molar-refractivity contribution is -0.135. The van der Waals surface area contributed by atoms with Crippen LogP contribution >= 0.6 is 0 Å². The number of hydrogen-bond acceptors (Lipinski definition) is 4. The van der Waals surface area contributed by atoms with E-state index in [4.69, 9.17) is 14.6 Å². The normalized spacial score (nSPS) is 10.1. The van der Waals surface area contributed by atoms with E-state index < -0.39 is 5.97 Å². The molecule has 0 saturated heterocycles. The molecule has 0 bridgehead atoms. The van der Waals surface area contributed by atoms with Gasteiger partial charge in [-0.25, -0.2) is 0 Å². The summed E-state index contributed by atoms with van der Waals surface area (Å²) >= 11 is 0. The average molecular weight is 239 g/mol. The van der Waals surface area contributed by atoms with Crippen LogP contribution < -0.4 is 14.8 Å². The van der Waals surface area contributed by atoms with Gasteiger partial charge in [-0.05, 0) is 30.2 Å². The van der Waals surface area contributed by atoms with Crippen molar-refractivity contribution in [1.29, 1.82) is 0 Å². The Kier molecular flexibility index (Phi) is 4.78. The first kappa shape index (κ1) is 13.3. The van der Waals surface area contributed by atoms with Crippen LogP contribution in [-0.2, 0) is 11.3 Å². The van der Waals surface area contributed by atoms with E-state index in [-0.39, 0.29) is 6.54 Å². The molecule has 94 valence electrons. The maximum absolute atomic E-state index is 10.4. The molecule has 5 nitrogen and oxygen atoms in total. The molecular formula is C12H17NO4. The van der Waals surface area contributed by atoms with Gasteiger partial charge in [-0.2, -0.15) is 0 Å². The number of carboxylic acid groups (broad SMARTS) is 1. The van der Waals surface area contributed by atoms with Crippen molar-refractivity contribution >= 4 is 5.97 Å². The van der Waals surface area contributed by atoms with Gasteiger partial charge in [0.1, 0.15) is 0 Å². The predicted molar refractivity (Wildman–Crippen MR) is 63.6 cm³/mol. The highest BCUT2D eigenvalue weighted by atomic mass is 16.5. The molecule has 0 aromatic heterocycles. The van der Waals surface area contributed by atoms with Gasteiger partial charge in [-0.15, -0.1) is 0 Å². The Morgan fingerprint density at radius 1 is 1.29 bits per heavy atom. The first-order valence-electron chi connectivity index (χ1n) is 5.22. The molecule has 0 amide bonds. The number of hydrogen-bond donors (Lipinski definition) is 2. The standard InChI is InChI=1S/C12H17NO4/c1-8-4-10(16-2)11(17-3)5-9(8)6-13-7-12(14)15/h4-5,13H,6-7H2,1-3H3,(H,14,15). The molecule has 1 rings (SSSR count). The third-order valence-corrected chi connectivity index (χ3v) is 2.43. The van der Waals surface area contributed by atoms with Crippen molar-refractivity contribution in [2.75, 3.05) is 20.8 Å². The lowest BCUT2D eigenvalue weighted by atomic mass is 10.1. The summed E-state index contributed by atoms with van der Waals surface area (Å²) in [5.41, 5.74) is 2.02. The maximum Gasteiger partial charge on any atom is 0.317 e. The van der Waals surface area contributed by atoms with Crippen LogP contribution in [0.4, 0.5) is 0 Å². The number of nitrogens with one attached hydrogen (secondary N) is 1. The summed E-state index contributed by atoms with van der Waals surface area (Å²) in [6.07, 6.45) is 0. The fraction of sp³-hybridized carbons (Fsp3) is 0.417. The SMILES string of the molecule is COc1cc(C)c(CNCC(=O)O)cc1OC. The largest absolute Gasteiger partial charge is 0.493 e. The quantitative estimate of drug-likeness (QED) is 0.780. The van der Waals surface area contributed by atoms with Crippen LogP contribution in [0.25, 0.3) is 0 Å². The minimum atomic E-state index is -0.872. The maximum atomic E-state index is 10.4. The van der Waals surface area contributed by atoms with Crippen LogP contribution in [0.3, 0.4) is 0 Å². The number of aryl methyl sites for hydroxylation is 1. The van der Waals surface area contributed by atoms with Gasteiger partial charge in [0.25, 0.3) is 0 Å². The third-order valence-electron chi connectivity index (χ3n) is 2.43. The van der Waals surface area contributed by atoms with E-state index in [0.29, 0.717) is 18.0 Å². The van der Waals surface area contributed by atoms with Crippen molar-refractivity contribution < 1.29 is 19.4 Å². The fourth-order valence-electron chi connectivity index (χ4n) is 1.52. The number of aliphatic carboxylic acids is 1. The van der Waals surface area contributed by atoms with Crippen LogP contribution in [0.1, 0.15) is 11.1 Å². The van der Waals surface area contributed by atoms with Crippen LogP contribution in [-0.4, -0.2) is 31.8 Å². The molecule has 0 aliphatic carbocycles. The molecule has 0 atom stereocenters. The average Bonchev–Trinajstić information content (AvgIpc) is 2.30. The summed E-state index contributed by atoms with van der Waals surface area (Å²) < 4.78 is 10.4. The molecule has 2 N–H and O–H groups in total. The summed E-state index contributed by atoms with van der Waals surface area (Å²) in [6.45, 7) is 2.37. The first-order chi connectivity index (χ1) is 8.08. The first-order valence-corrected chi connectivity index (χ1v) is 5.22. The monoisotopic (exact) mass is 239 g/mol. The Morgan fingerprint density at radius 2 is 1.88 bits per heavy atom.